The van der Waals surface area contributed by atoms with Gasteiger partial charge in [-0.3, -0.25) is 4.79 Å². The number of halogens is 1. The lowest BCUT2D eigenvalue weighted by molar-refractivity contribution is -0.115. The predicted octanol–water partition coefficient (Wildman–Crippen LogP) is 1.35. The highest BCUT2D eigenvalue weighted by Gasteiger charge is 2.39. The molecule has 4 heteroatoms. The van der Waals surface area contributed by atoms with E-state index in [1.807, 2.05) is 0 Å². The summed E-state index contributed by atoms with van der Waals surface area (Å²) < 4.78 is 13.4. The van der Waals surface area contributed by atoms with Gasteiger partial charge in [0.2, 0.25) is 5.91 Å². The van der Waals surface area contributed by atoms with Gasteiger partial charge in [0, 0.05) is 11.2 Å². The zero-order valence-electron chi connectivity index (χ0n) is 8.85. The van der Waals surface area contributed by atoms with Crippen molar-refractivity contribution in [2.45, 2.75) is 31.2 Å². The largest absolute Gasteiger partial charge is 0.325 e. The van der Waals surface area contributed by atoms with Crippen LogP contribution in [0, 0.1) is 5.82 Å². The molecule has 0 spiro atoms. The van der Waals surface area contributed by atoms with Gasteiger partial charge in [-0.2, -0.15) is 0 Å². The summed E-state index contributed by atoms with van der Waals surface area (Å²) in [5, 5.41) is 2.78. The summed E-state index contributed by atoms with van der Waals surface area (Å²) in [5.41, 5.74) is 8.22. The number of hydrogen-bond acceptors (Lipinski definition) is 2. The Labute approximate surface area is 92.8 Å². The molecule has 1 fully saturated rings. The first-order valence-corrected chi connectivity index (χ1v) is 5.46. The quantitative estimate of drug-likeness (QED) is 0.790. The summed E-state index contributed by atoms with van der Waals surface area (Å²) in [6.45, 7) is 0. The van der Waals surface area contributed by atoms with Crippen LogP contribution in [-0.2, 0) is 17.6 Å². The van der Waals surface area contributed by atoms with Gasteiger partial charge in [-0.15, -0.1) is 0 Å². The van der Waals surface area contributed by atoms with Crippen molar-refractivity contribution < 1.29 is 9.18 Å². The fourth-order valence-electron chi connectivity index (χ4n) is 2.24. The highest BCUT2D eigenvalue weighted by Crippen LogP contribution is 2.39. The van der Waals surface area contributed by atoms with Crippen molar-refractivity contribution in [3.05, 3.63) is 29.1 Å². The molecule has 1 saturated carbocycles. The highest BCUT2D eigenvalue weighted by molar-refractivity contribution is 6.00. The Hall–Kier alpha value is -1.42. The summed E-state index contributed by atoms with van der Waals surface area (Å²) in [7, 11) is 0. The molecule has 84 valence electrons. The Balaban J connectivity index is 2.01. The summed E-state index contributed by atoms with van der Waals surface area (Å²) in [6, 6.07) is 2.91. The second kappa shape index (κ2) is 3.04. The fraction of sp³-hybridized carbons (Fsp3) is 0.417. The molecule has 1 aliphatic carbocycles. The lowest BCUT2D eigenvalue weighted by atomic mass is 10.00. The van der Waals surface area contributed by atoms with Crippen LogP contribution in [0.1, 0.15) is 24.0 Å². The van der Waals surface area contributed by atoms with Gasteiger partial charge >= 0.3 is 0 Å². The molecule has 0 radical (unpaired) electrons. The van der Waals surface area contributed by atoms with E-state index in [0.29, 0.717) is 6.42 Å². The summed E-state index contributed by atoms with van der Waals surface area (Å²) >= 11 is 0. The minimum Gasteiger partial charge on any atom is -0.325 e. The molecule has 2 aliphatic rings. The average Bonchev–Trinajstić information content (AvgIpc) is 2.76. The number of amides is 1. The Kier molecular flexibility index (Phi) is 1.86. The molecule has 0 saturated heterocycles. The van der Waals surface area contributed by atoms with E-state index in [0.717, 1.165) is 29.7 Å². The molecule has 3 N–H and O–H groups in total. The van der Waals surface area contributed by atoms with Crippen LogP contribution in [0.4, 0.5) is 10.1 Å². The molecule has 0 aromatic heterocycles. The molecule has 3 nitrogen and oxygen atoms in total. The van der Waals surface area contributed by atoms with Crippen molar-refractivity contribution in [1.82, 2.24) is 0 Å². The smallest absolute Gasteiger partial charge is 0.228 e. The number of benzene rings is 1. The zero-order valence-corrected chi connectivity index (χ0v) is 8.85. The van der Waals surface area contributed by atoms with Crippen LogP contribution in [-0.4, -0.2) is 11.4 Å². The number of fused-ring (bicyclic) bond motifs is 1. The number of nitrogens with one attached hydrogen (secondary N) is 1. The Bertz CT molecular complexity index is 480. The molecule has 1 amide bonds. The zero-order chi connectivity index (χ0) is 11.3. The molecule has 0 atom stereocenters. The first-order chi connectivity index (χ1) is 7.56. The second-order valence-corrected chi connectivity index (χ2v) is 4.86. The van der Waals surface area contributed by atoms with Gasteiger partial charge in [0.05, 0.1) is 6.42 Å². The maximum absolute atomic E-state index is 13.4. The third kappa shape index (κ3) is 1.59. The van der Waals surface area contributed by atoms with Crippen LogP contribution in [0.2, 0.25) is 0 Å². The van der Waals surface area contributed by atoms with Gasteiger partial charge in [-0.1, -0.05) is 0 Å². The van der Waals surface area contributed by atoms with Crippen molar-refractivity contribution in [3.63, 3.8) is 0 Å². The first kappa shape index (κ1) is 9.78. The van der Waals surface area contributed by atoms with Crippen LogP contribution in [0.15, 0.2) is 12.1 Å². The number of hydrogen-bond donors (Lipinski definition) is 2. The van der Waals surface area contributed by atoms with Crippen molar-refractivity contribution in [2.24, 2.45) is 5.73 Å². The molecule has 0 bridgehead atoms. The minimum absolute atomic E-state index is 0.0660. The first-order valence-electron chi connectivity index (χ1n) is 5.46. The van der Waals surface area contributed by atoms with Crippen LogP contribution < -0.4 is 11.1 Å². The molecule has 16 heavy (non-hydrogen) atoms. The third-order valence-electron chi connectivity index (χ3n) is 3.32. The number of nitrogens with two attached hydrogens (primary N) is 1. The van der Waals surface area contributed by atoms with E-state index in [9.17, 15) is 9.18 Å². The molecule has 1 aliphatic heterocycles. The van der Waals surface area contributed by atoms with Crippen LogP contribution in [0.3, 0.4) is 0 Å². The predicted molar refractivity (Wildman–Crippen MR) is 58.6 cm³/mol. The van der Waals surface area contributed by atoms with E-state index in [2.05, 4.69) is 5.32 Å². The van der Waals surface area contributed by atoms with Crippen LogP contribution in [0.5, 0.6) is 0 Å². The van der Waals surface area contributed by atoms with E-state index in [4.69, 9.17) is 5.73 Å². The second-order valence-electron chi connectivity index (χ2n) is 4.86. The topological polar surface area (TPSA) is 55.1 Å². The van der Waals surface area contributed by atoms with Crippen molar-refractivity contribution in [1.29, 1.82) is 0 Å². The maximum atomic E-state index is 13.4. The molecular weight excluding hydrogens is 207 g/mol. The standard InChI is InChI=1S/C12H13FN2O/c13-9-3-7-5-10(16)15-11(7)8(4-9)6-12(14)1-2-12/h3-4H,1-2,5-6,14H2,(H,15,16). The summed E-state index contributed by atoms with van der Waals surface area (Å²) in [4.78, 5) is 11.3. The third-order valence-corrected chi connectivity index (χ3v) is 3.32. The highest BCUT2D eigenvalue weighted by atomic mass is 19.1. The Morgan fingerprint density at radius 2 is 2.19 bits per heavy atom. The number of carbonyl (C=O) groups excluding carboxylic acids is 1. The van der Waals surface area contributed by atoms with Gasteiger partial charge in [0.15, 0.2) is 0 Å². The van der Waals surface area contributed by atoms with Crippen LogP contribution in [0.25, 0.3) is 0 Å². The monoisotopic (exact) mass is 220 g/mol. The molecular formula is C12H13FN2O. The Morgan fingerprint density at radius 1 is 1.44 bits per heavy atom. The fourth-order valence-corrected chi connectivity index (χ4v) is 2.24. The molecule has 0 unspecified atom stereocenters. The van der Waals surface area contributed by atoms with Gasteiger partial charge in [-0.25, -0.2) is 4.39 Å². The van der Waals surface area contributed by atoms with E-state index in [1.165, 1.54) is 12.1 Å². The number of carbonyl (C=O) groups is 1. The van der Waals surface area contributed by atoms with E-state index in [-0.39, 0.29) is 23.7 Å². The van der Waals surface area contributed by atoms with E-state index < -0.39 is 0 Å². The Morgan fingerprint density at radius 3 is 2.88 bits per heavy atom. The molecule has 1 aromatic rings. The molecule has 1 heterocycles. The summed E-state index contributed by atoms with van der Waals surface area (Å²) in [5.74, 6) is -0.349. The SMILES string of the molecule is NC1(Cc2cc(F)cc3c2NC(=O)C3)CC1. The number of rotatable bonds is 2. The van der Waals surface area contributed by atoms with Gasteiger partial charge in [0.1, 0.15) is 5.82 Å². The summed E-state index contributed by atoms with van der Waals surface area (Å²) in [6.07, 6.45) is 2.88. The normalized spacial score (nSPS) is 20.5. The lowest BCUT2D eigenvalue weighted by Gasteiger charge is -2.12. The minimum atomic E-state index is -0.283. The maximum Gasteiger partial charge on any atom is 0.228 e. The van der Waals surface area contributed by atoms with Gasteiger partial charge in [-0.05, 0) is 42.5 Å². The van der Waals surface area contributed by atoms with E-state index in [1.54, 1.807) is 0 Å². The van der Waals surface area contributed by atoms with E-state index >= 15 is 0 Å². The van der Waals surface area contributed by atoms with Crippen molar-refractivity contribution in [3.8, 4) is 0 Å². The van der Waals surface area contributed by atoms with Gasteiger partial charge < -0.3 is 11.1 Å². The van der Waals surface area contributed by atoms with Crippen LogP contribution >= 0.6 is 0 Å². The molecule has 1 aromatic carbocycles. The van der Waals surface area contributed by atoms with Crippen molar-refractivity contribution >= 4 is 11.6 Å². The lowest BCUT2D eigenvalue weighted by Crippen LogP contribution is -2.25. The van der Waals surface area contributed by atoms with Crippen molar-refractivity contribution in [2.75, 3.05) is 5.32 Å². The number of anilines is 1. The average molecular weight is 220 g/mol. The molecule has 3 rings (SSSR count). The van der Waals surface area contributed by atoms with Gasteiger partial charge in [0.25, 0.3) is 0 Å².